The third-order valence-corrected chi connectivity index (χ3v) is 2.43. The van der Waals surface area contributed by atoms with Crippen LogP contribution in [0.4, 0.5) is 4.79 Å². The van der Waals surface area contributed by atoms with E-state index in [9.17, 15) is 4.79 Å². The Morgan fingerprint density at radius 3 is 2.92 bits per heavy atom. The summed E-state index contributed by atoms with van der Waals surface area (Å²) in [5.74, 6) is 0.473. The number of hydrogen-bond donors (Lipinski definition) is 1. The third-order valence-electron chi connectivity index (χ3n) is 2.43. The minimum absolute atomic E-state index is 0.326. The fourth-order valence-corrected chi connectivity index (χ4v) is 1.64. The highest BCUT2D eigenvalue weighted by Crippen LogP contribution is 2.14. The fourth-order valence-electron chi connectivity index (χ4n) is 1.64. The molecule has 1 atom stereocenters. The van der Waals surface area contributed by atoms with Crippen LogP contribution in [0.15, 0.2) is 0 Å². The third kappa shape index (κ3) is 3.22. The minimum Gasteiger partial charge on any atom is -0.381 e. The molecule has 0 saturated carbocycles. The first-order valence-corrected chi connectivity index (χ1v) is 4.86. The molecule has 1 unspecified atom stereocenters. The quantitative estimate of drug-likeness (QED) is 0.709. The predicted octanol–water partition coefficient (Wildman–Crippen LogP) is 0.814. The van der Waals surface area contributed by atoms with Crippen LogP contribution < -0.4 is 5.73 Å². The lowest BCUT2D eigenvalue weighted by Crippen LogP contribution is -2.40. The van der Waals surface area contributed by atoms with E-state index in [0.29, 0.717) is 12.5 Å². The molecule has 0 aromatic carbocycles. The first kappa shape index (κ1) is 10.3. The maximum absolute atomic E-state index is 10.9. The molecular formula is C9H18N2O2. The lowest BCUT2D eigenvalue weighted by Gasteiger charge is -2.27. The molecule has 1 aliphatic heterocycles. The molecule has 2 amide bonds. The van der Waals surface area contributed by atoms with E-state index >= 15 is 0 Å². The van der Waals surface area contributed by atoms with Gasteiger partial charge in [0.1, 0.15) is 0 Å². The molecule has 13 heavy (non-hydrogen) atoms. The van der Waals surface area contributed by atoms with E-state index in [-0.39, 0.29) is 6.03 Å². The Morgan fingerprint density at radius 1 is 1.69 bits per heavy atom. The summed E-state index contributed by atoms with van der Waals surface area (Å²) in [6.07, 6.45) is 2.24. The van der Waals surface area contributed by atoms with Gasteiger partial charge < -0.3 is 15.4 Å². The molecule has 1 aliphatic rings. The van der Waals surface area contributed by atoms with Gasteiger partial charge in [-0.05, 0) is 19.8 Å². The summed E-state index contributed by atoms with van der Waals surface area (Å²) in [7, 11) is 0. The van der Waals surface area contributed by atoms with Gasteiger partial charge in [-0.15, -0.1) is 0 Å². The number of urea groups is 1. The zero-order valence-electron chi connectivity index (χ0n) is 8.16. The number of nitrogens with zero attached hydrogens (tertiary/aromatic N) is 1. The Bertz CT molecular complexity index is 167. The van der Waals surface area contributed by atoms with Crippen molar-refractivity contribution in [2.45, 2.75) is 19.8 Å². The van der Waals surface area contributed by atoms with Crippen molar-refractivity contribution in [1.29, 1.82) is 0 Å². The number of hydrogen-bond acceptors (Lipinski definition) is 2. The van der Waals surface area contributed by atoms with Crippen LogP contribution >= 0.6 is 0 Å². The van der Waals surface area contributed by atoms with Crippen molar-refractivity contribution in [3.8, 4) is 0 Å². The largest absolute Gasteiger partial charge is 0.381 e. The summed E-state index contributed by atoms with van der Waals surface area (Å²) in [6.45, 7) is 5.00. The molecule has 2 N–H and O–H groups in total. The number of rotatable bonds is 3. The normalized spacial score (nSPS) is 22.7. The molecule has 1 rings (SSSR count). The molecule has 76 valence electrons. The lowest BCUT2D eigenvalue weighted by atomic mass is 10.0. The number of ether oxygens (including phenoxy) is 1. The topological polar surface area (TPSA) is 55.6 Å². The van der Waals surface area contributed by atoms with Crippen molar-refractivity contribution < 1.29 is 9.53 Å². The second-order valence-corrected chi connectivity index (χ2v) is 3.46. The summed E-state index contributed by atoms with van der Waals surface area (Å²) in [5.41, 5.74) is 5.21. The molecule has 0 aromatic heterocycles. The first-order chi connectivity index (χ1) is 6.24. The molecule has 4 heteroatoms. The molecule has 4 nitrogen and oxygen atoms in total. The summed E-state index contributed by atoms with van der Waals surface area (Å²) in [4.78, 5) is 12.6. The van der Waals surface area contributed by atoms with Crippen LogP contribution in [0.5, 0.6) is 0 Å². The zero-order chi connectivity index (χ0) is 9.68. The molecule has 1 heterocycles. The SMILES string of the molecule is CCN(CC1CCCOC1)C(N)=O. The van der Waals surface area contributed by atoms with Crippen molar-refractivity contribution in [3.63, 3.8) is 0 Å². The number of carbonyl (C=O) groups is 1. The van der Waals surface area contributed by atoms with Gasteiger partial charge in [0, 0.05) is 25.6 Å². The minimum atomic E-state index is -0.326. The van der Waals surface area contributed by atoms with Crippen molar-refractivity contribution >= 4 is 6.03 Å². The van der Waals surface area contributed by atoms with Crippen molar-refractivity contribution in [2.75, 3.05) is 26.3 Å². The molecule has 1 saturated heterocycles. The predicted molar refractivity (Wildman–Crippen MR) is 50.4 cm³/mol. The number of nitrogens with two attached hydrogens (primary N) is 1. The average Bonchev–Trinajstić information content (AvgIpc) is 2.15. The highest BCUT2D eigenvalue weighted by Gasteiger charge is 2.18. The Hall–Kier alpha value is -0.770. The van der Waals surface area contributed by atoms with Gasteiger partial charge in [0.15, 0.2) is 0 Å². The van der Waals surface area contributed by atoms with Crippen molar-refractivity contribution in [2.24, 2.45) is 11.7 Å². The Morgan fingerprint density at radius 2 is 2.46 bits per heavy atom. The second kappa shape index (κ2) is 5.07. The second-order valence-electron chi connectivity index (χ2n) is 3.46. The van der Waals surface area contributed by atoms with Crippen molar-refractivity contribution in [1.82, 2.24) is 4.90 Å². The molecular weight excluding hydrogens is 168 g/mol. The molecule has 0 radical (unpaired) electrons. The Kier molecular flexibility index (Phi) is 4.02. The Labute approximate surface area is 79.0 Å². The van der Waals surface area contributed by atoms with Gasteiger partial charge in [0.2, 0.25) is 0 Å². The van der Waals surface area contributed by atoms with Gasteiger partial charge in [-0.2, -0.15) is 0 Å². The van der Waals surface area contributed by atoms with E-state index in [1.165, 1.54) is 0 Å². The van der Waals surface area contributed by atoms with Gasteiger partial charge in [-0.3, -0.25) is 0 Å². The maximum Gasteiger partial charge on any atom is 0.314 e. The van der Waals surface area contributed by atoms with Crippen LogP contribution in [0.2, 0.25) is 0 Å². The maximum atomic E-state index is 10.9. The van der Waals surface area contributed by atoms with Gasteiger partial charge in [0.25, 0.3) is 0 Å². The van der Waals surface area contributed by atoms with Crippen LogP contribution in [0.3, 0.4) is 0 Å². The van der Waals surface area contributed by atoms with E-state index in [1.54, 1.807) is 4.90 Å². The number of carbonyl (C=O) groups excluding carboxylic acids is 1. The molecule has 0 aromatic rings. The van der Waals surface area contributed by atoms with Gasteiger partial charge in [0.05, 0.1) is 6.61 Å². The number of primary amides is 1. The molecule has 0 bridgehead atoms. The van der Waals surface area contributed by atoms with Gasteiger partial charge in [-0.1, -0.05) is 0 Å². The van der Waals surface area contributed by atoms with E-state index in [0.717, 1.165) is 32.6 Å². The van der Waals surface area contributed by atoms with Gasteiger partial charge >= 0.3 is 6.03 Å². The van der Waals surface area contributed by atoms with Crippen LogP contribution in [-0.4, -0.2) is 37.2 Å². The Balaban J connectivity index is 2.31. The average molecular weight is 186 g/mol. The van der Waals surface area contributed by atoms with Gasteiger partial charge in [-0.25, -0.2) is 4.79 Å². The summed E-state index contributed by atoms with van der Waals surface area (Å²) >= 11 is 0. The van der Waals surface area contributed by atoms with E-state index < -0.39 is 0 Å². The molecule has 0 aliphatic carbocycles. The fraction of sp³-hybridized carbons (Fsp3) is 0.889. The summed E-state index contributed by atoms with van der Waals surface area (Å²) in [5, 5.41) is 0. The van der Waals surface area contributed by atoms with E-state index in [1.807, 2.05) is 6.92 Å². The van der Waals surface area contributed by atoms with Crippen LogP contribution in [0.25, 0.3) is 0 Å². The summed E-state index contributed by atoms with van der Waals surface area (Å²) < 4.78 is 5.33. The molecule has 1 fully saturated rings. The summed E-state index contributed by atoms with van der Waals surface area (Å²) in [6, 6.07) is -0.326. The molecule has 0 spiro atoms. The lowest BCUT2D eigenvalue weighted by molar-refractivity contribution is 0.0443. The van der Waals surface area contributed by atoms with E-state index in [2.05, 4.69) is 0 Å². The van der Waals surface area contributed by atoms with E-state index in [4.69, 9.17) is 10.5 Å². The first-order valence-electron chi connectivity index (χ1n) is 4.86. The van der Waals surface area contributed by atoms with Crippen LogP contribution in [0.1, 0.15) is 19.8 Å². The number of amides is 2. The standard InChI is InChI=1S/C9H18N2O2/c1-2-11(9(10)12)6-8-4-3-5-13-7-8/h8H,2-7H2,1H3,(H2,10,12). The highest BCUT2D eigenvalue weighted by molar-refractivity contribution is 5.71. The van der Waals surface area contributed by atoms with Crippen LogP contribution in [-0.2, 0) is 4.74 Å². The smallest absolute Gasteiger partial charge is 0.314 e. The zero-order valence-corrected chi connectivity index (χ0v) is 8.16. The van der Waals surface area contributed by atoms with Crippen molar-refractivity contribution in [3.05, 3.63) is 0 Å². The van der Waals surface area contributed by atoms with Crippen LogP contribution in [0, 0.1) is 5.92 Å². The highest BCUT2D eigenvalue weighted by atomic mass is 16.5. The monoisotopic (exact) mass is 186 g/mol.